The van der Waals surface area contributed by atoms with E-state index in [2.05, 4.69) is 0 Å². The van der Waals surface area contributed by atoms with Gasteiger partial charge in [-0.3, -0.25) is 9.59 Å². The van der Waals surface area contributed by atoms with Crippen molar-refractivity contribution in [3.8, 4) is 0 Å². The van der Waals surface area contributed by atoms with Crippen molar-refractivity contribution < 1.29 is 23.2 Å². The number of hydrogen-bond donors (Lipinski definition) is 0. The van der Waals surface area contributed by atoms with Crippen LogP contribution in [0.2, 0.25) is 0 Å². The van der Waals surface area contributed by atoms with Gasteiger partial charge in [0.05, 0.1) is 13.2 Å². The quantitative estimate of drug-likeness (QED) is 0.268. The Balaban J connectivity index is 1.20. The monoisotopic (exact) mass is 482 g/mol. The number of rotatable bonds is 8. The van der Waals surface area contributed by atoms with Gasteiger partial charge in [-0.15, -0.1) is 0 Å². The first-order chi connectivity index (χ1) is 16.0. The standard InChI is InChI=1S/C24H18O7S2/c25-21-17(13-15-5-1-3-7-19(15)30-21)23(27)32-11-9-29-10-12-33-24(28)18-14-16-6-2-4-8-20(16)31-22(18)26/h1-8,13-14H,9-12H2. The van der Waals surface area contributed by atoms with Gasteiger partial charge in [0.25, 0.3) is 0 Å². The second-order valence-electron chi connectivity index (χ2n) is 6.85. The van der Waals surface area contributed by atoms with E-state index in [-0.39, 0.29) is 34.6 Å². The van der Waals surface area contributed by atoms with E-state index in [1.165, 1.54) is 12.1 Å². The van der Waals surface area contributed by atoms with E-state index < -0.39 is 11.3 Å². The lowest BCUT2D eigenvalue weighted by molar-refractivity contribution is 0.107. The van der Waals surface area contributed by atoms with Crippen molar-refractivity contribution in [3.05, 3.63) is 92.6 Å². The smallest absolute Gasteiger partial charge is 0.348 e. The van der Waals surface area contributed by atoms with E-state index in [4.69, 9.17) is 13.6 Å². The molecule has 0 spiro atoms. The van der Waals surface area contributed by atoms with Gasteiger partial charge in [0, 0.05) is 22.3 Å². The summed E-state index contributed by atoms with van der Waals surface area (Å²) in [5.74, 6) is 0.690. The highest BCUT2D eigenvalue weighted by molar-refractivity contribution is 8.14. The van der Waals surface area contributed by atoms with Crippen molar-refractivity contribution in [3.63, 3.8) is 0 Å². The molecule has 2 heterocycles. The number of hydrogen-bond acceptors (Lipinski definition) is 9. The Morgan fingerprint density at radius 1 is 0.697 bits per heavy atom. The molecule has 0 aliphatic rings. The fourth-order valence-corrected chi connectivity index (χ4v) is 4.42. The number of para-hydroxylation sites is 2. The summed E-state index contributed by atoms with van der Waals surface area (Å²) in [6, 6.07) is 17.0. The second-order valence-corrected chi connectivity index (χ2v) is 8.99. The van der Waals surface area contributed by atoms with Crippen LogP contribution in [0.25, 0.3) is 21.9 Å². The molecule has 7 nitrogen and oxygen atoms in total. The summed E-state index contributed by atoms with van der Waals surface area (Å²) in [6.07, 6.45) is 0. The van der Waals surface area contributed by atoms with E-state index in [0.29, 0.717) is 33.4 Å². The van der Waals surface area contributed by atoms with Crippen LogP contribution in [0.4, 0.5) is 0 Å². The molecule has 0 radical (unpaired) electrons. The minimum atomic E-state index is -0.666. The third-order valence-corrected chi connectivity index (χ3v) is 6.35. The summed E-state index contributed by atoms with van der Waals surface area (Å²) in [5.41, 5.74) is -0.481. The van der Waals surface area contributed by atoms with Gasteiger partial charge < -0.3 is 13.6 Å². The van der Waals surface area contributed by atoms with E-state index in [9.17, 15) is 19.2 Å². The van der Waals surface area contributed by atoms with Gasteiger partial charge in [0.2, 0.25) is 10.2 Å². The van der Waals surface area contributed by atoms with Crippen LogP contribution in [0.5, 0.6) is 0 Å². The first-order valence-electron chi connectivity index (χ1n) is 10.0. The Bertz CT molecular complexity index is 1330. The van der Waals surface area contributed by atoms with Crippen LogP contribution in [-0.4, -0.2) is 35.0 Å². The van der Waals surface area contributed by atoms with Crippen LogP contribution in [0, 0.1) is 0 Å². The van der Waals surface area contributed by atoms with Gasteiger partial charge in [-0.2, -0.15) is 0 Å². The largest absolute Gasteiger partial charge is 0.422 e. The minimum absolute atomic E-state index is 0.00549. The molecule has 0 N–H and O–H groups in total. The summed E-state index contributed by atoms with van der Waals surface area (Å²) >= 11 is 1.93. The van der Waals surface area contributed by atoms with E-state index in [1.807, 2.05) is 0 Å². The molecule has 168 valence electrons. The Kier molecular flexibility index (Phi) is 7.43. The Labute approximate surface area is 196 Å². The van der Waals surface area contributed by atoms with Gasteiger partial charge in [-0.25, -0.2) is 9.59 Å². The molecule has 0 amide bonds. The number of fused-ring (bicyclic) bond motifs is 2. The van der Waals surface area contributed by atoms with Crippen molar-refractivity contribution in [2.24, 2.45) is 0 Å². The highest BCUT2D eigenvalue weighted by atomic mass is 32.2. The summed E-state index contributed by atoms with van der Waals surface area (Å²) in [6.45, 7) is 0.532. The van der Waals surface area contributed by atoms with Gasteiger partial charge >= 0.3 is 11.3 Å². The highest BCUT2D eigenvalue weighted by Crippen LogP contribution is 2.18. The molecule has 0 saturated heterocycles. The molecular weight excluding hydrogens is 464 g/mol. The average Bonchev–Trinajstić information content (AvgIpc) is 2.82. The maximum atomic E-state index is 12.3. The van der Waals surface area contributed by atoms with Gasteiger partial charge in [0.15, 0.2) is 0 Å². The molecule has 2 aromatic heterocycles. The topological polar surface area (TPSA) is 104 Å². The number of thioether (sulfide) groups is 2. The maximum absolute atomic E-state index is 12.3. The number of carbonyl (C=O) groups is 2. The lowest BCUT2D eigenvalue weighted by Gasteiger charge is -2.04. The van der Waals surface area contributed by atoms with Crippen LogP contribution in [0.15, 0.2) is 79.1 Å². The molecule has 33 heavy (non-hydrogen) atoms. The summed E-state index contributed by atoms with van der Waals surface area (Å²) in [4.78, 5) is 48.7. The maximum Gasteiger partial charge on any atom is 0.348 e. The summed E-state index contributed by atoms with van der Waals surface area (Å²) in [5, 5.41) is 0.593. The predicted octanol–water partition coefficient (Wildman–Crippen LogP) is 4.36. The molecule has 4 aromatic rings. The third kappa shape index (κ3) is 5.62. The van der Waals surface area contributed by atoms with E-state index >= 15 is 0 Å². The van der Waals surface area contributed by atoms with Gasteiger partial charge in [-0.1, -0.05) is 59.9 Å². The minimum Gasteiger partial charge on any atom is -0.422 e. The van der Waals surface area contributed by atoms with E-state index in [0.717, 1.165) is 23.5 Å². The zero-order chi connectivity index (χ0) is 23.2. The predicted molar refractivity (Wildman–Crippen MR) is 129 cm³/mol. The molecule has 0 aliphatic heterocycles. The number of ether oxygens (including phenoxy) is 1. The molecule has 0 fully saturated rings. The molecule has 2 aromatic carbocycles. The summed E-state index contributed by atoms with van der Waals surface area (Å²) < 4.78 is 15.8. The molecule has 0 saturated carbocycles. The van der Waals surface area contributed by atoms with Crippen molar-refractivity contribution in [2.45, 2.75) is 0 Å². The molecule has 4 rings (SSSR count). The second kappa shape index (κ2) is 10.7. The van der Waals surface area contributed by atoms with Crippen molar-refractivity contribution in [2.75, 3.05) is 24.7 Å². The Morgan fingerprint density at radius 3 is 1.58 bits per heavy atom. The zero-order valence-electron chi connectivity index (χ0n) is 17.3. The molecule has 9 heteroatoms. The van der Waals surface area contributed by atoms with Crippen LogP contribution in [0.1, 0.15) is 20.7 Å². The van der Waals surface area contributed by atoms with Gasteiger partial charge in [0.1, 0.15) is 22.3 Å². The first kappa shape index (κ1) is 23.0. The molecule has 0 bridgehead atoms. The number of carbonyl (C=O) groups excluding carboxylic acids is 2. The third-order valence-electron chi connectivity index (χ3n) is 4.64. The number of benzene rings is 2. The first-order valence-corrected chi connectivity index (χ1v) is 12.0. The van der Waals surface area contributed by atoms with Crippen LogP contribution < -0.4 is 11.3 Å². The Morgan fingerprint density at radius 2 is 1.12 bits per heavy atom. The SMILES string of the molecule is O=C(SCCOCCSC(=O)c1cc2ccccc2oc1=O)c1cc2ccccc2oc1=O. The average molecular weight is 483 g/mol. The van der Waals surface area contributed by atoms with Gasteiger partial charge in [-0.05, 0) is 24.3 Å². The van der Waals surface area contributed by atoms with Crippen molar-refractivity contribution in [1.29, 1.82) is 0 Å². The van der Waals surface area contributed by atoms with Crippen molar-refractivity contribution >= 4 is 55.7 Å². The molecule has 0 aliphatic carbocycles. The summed E-state index contributed by atoms with van der Waals surface area (Å²) in [7, 11) is 0. The highest BCUT2D eigenvalue weighted by Gasteiger charge is 2.15. The fraction of sp³-hybridized carbons (Fsp3) is 0.167. The van der Waals surface area contributed by atoms with Crippen LogP contribution in [-0.2, 0) is 4.74 Å². The normalized spacial score (nSPS) is 11.2. The Hall–Kier alpha value is -3.14. The fourth-order valence-electron chi connectivity index (χ4n) is 3.05. The van der Waals surface area contributed by atoms with Crippen molar-refractivity contribution in [1.82, 2.24) is 0 Å². The lowest BCUT2D eigenvalue weighted by atomic mass is 10.2. The molecule has 0 atom stereocenters. The zero-order valence-corrected chi connectivity index (χ0v) is 18.9. The van der Waals surface area contributed by atoms with E-state index in [1.54, 1.807) is 48.5 Å². The lowest BCUT2D eigenvalue weighted by Crippen LogP contribution is -2.13. The van der Waals surface area contributed by atoms with Crippen LogP contribution in [0.3, 0.4) is 0 Å². The molecular formula is C24H18O7S2. The molecule has 0 unspecified atom stereocenters. The van der Waals surface area contributed by atoms with Crippen LogP contribution >= 0.6 is 23.5 Å².